The van der Waals surface area contributed by atoms with E-state index in [1.807, 2.05) is 24.3 Å². The molecule has 0 amide bonds. The van der Waals surface area contributed by atoms with Crippen LogP contribution in [-0.2, 0) is 7.05 Å². The highest BCUT2D eigenvalue weighted by Crippen LogP contribution is 2.29. The van der Waals surface area contributed by atoms with Gasteiger partial charge in [0, 0.05) is 18.5 Å². The maximum atomic E-state index is 12.1. The summed E-state index contributed by atoms with van der Waals surface area (Å²) in [6, 6.07) is 15.7. The van der Waals surface area contributed by atoms with Crippen molar-refractivity contribution in [3.05, 3.63) is 70.5 Å². The van der Waals surface area contributed by atoms with Crippen molar-refractivity contribution < 1.29 is 9.90 Å². The summed E-state index contributed by atoms with van der Waals surface area (Å²) in [5, 5.41) is 10.2. The molecule has 0 spiro atoms. The van der Waals surface area contributed by atoms with Crippen LogP contribution in [0, 0.1) is 0 Å². The largest absolute Gasteiger partial charge is 0.478 e. The van der Waals surface area contributed by atoms with Gasteiger partial charge in [0.25, 0.3) is 5.56 Å². The summed E-state index contributed by atoms with van der Waals surface area (Å²) in [7, 11) is 1.71. The van der Waals surface area contributed by atoms with E-state index in [1.165, 1.54) is 6.07 Å². The number of aromatic nitrogens is 1. The van der Waals surface area contributed by atoms with Crippen LogP contribution in [0.3, 0.4) is 0 Å². The van der Waals surface area contributed by atoms with Gasteiger partial charge in [-0.1, -0.05) is 36.4 Å². The predicted molar refractivity (Wildman–Crippen MR) is 81.6 cm³/mol. The number of carboxylic acids is 1. The summed E-state index contributed by atoms with van der Waals surface area (Å²) in [6.45, 7) is 0. The first-order valence-corrected chi connectivity index (χ1v) is 6.51. The molecule has 0 atom stereocenters. The van der Waals surface area contributed by atoms with Crippen molar-refractivity contribution in [3.63, 3.8) is 0 Å². The van der Waals surface area contributed by atoms with Crippen LogP contribution in [0.5, 0.6) is 0 Å². The average molecular weight is 279 g/mol. The number of carboxylic acid groups (broad SMARTS) is 1. The number of benzene rings is 2. The molecule has 0 radical (unpaired) electrons. The third-order valence-corrected chi connectivity index (χ3v) is 3.60. The molecule has 3 rings (SSSR count). The molecule has 0 saturated heterocycles. The summed E-state index contributed by atoms with van der Waals surface area (Å²) in [5.74, 6) is -1.00. The van der Waals surface area contributed by atoms with E-state index in [1.54, 1.807) is 35.9 Å². The molecule has 3 aromatic rings. The molecule has 2 aromatic carbocycles. The van der Waals surface area contributed by atoms with Gasteiger partial charge in [-0.15, -0.1) is 0 Å². The first kappa shape index (κ1) is 13.1. The average Bonchev–Trinajstić information content (AvgIpc) is 2.51. The van der Waals surface area contributed by atoms with E-state index in [0.717, 1.165) is 10.9 Å². The Labute approximate surface area is 120 Å². The molecule has 4 nitrogen and oxygen atoms in total. The number of aryl methyl sites for hydroxylation is 1. The van der Waals surface area contributed by atoms with Gasteiger partial charge >= 0.3 is 5.97 Å². The highest BCUT2D eigenvalue weighted by molar-refractivity contribution is 6.02. The summed E-state index contributed by atoms with van der Waals surface area (Å²) >= 11 is 0. The van der Waals surface area contributed by atoms with Gasteiger partial charge in [0.05, 0.1) is 11.1 Å². The van der Waals surface area contributed by atoms with Gasteiger partial charge in [0.15, 0.2) is 0 Å². The molecule has 0 bridgehead atoms. The van der Waals surface area contributed by atoms with E-state index in [9.17, 15) is 14.7 Å². The van der Waals surface area contributed by atoms with Gasteiger partial charge < -0.3 is 9.67 Å². The molecule has 0 aliphatic heterocycles. The number of hydrogen-bond donors (Lipinski definition) is 1. The van der Waals surface area contributed by atoms with Crippen molar-refractivity contribution in [2.75, 3.05) is 0 Å². The van der Waals surface area contributed by atoms with Crippen LogP contribution >= 0.6 is 0 Å². The van der Waals surface area contributed by atoms with Crippen LogP contribution in [0.4, 0.5) is 0 Å². The second-order valence-electron chi connectivity index (χ2n) is 4.82. The maximum Gasteiger partial charge on any atom is 0.336 e. The highest BCUT2D eigenvalue weighted by atomic mass is 16.4. The molecular formula is C17H13NO3. The van der Waals surface area contributed by atoms with Gasteiger partial charge in [-0.2, -0.15) is 0 Å². The SMILES string of the molecule is Cn1c(=O)cc(-c2ccccc2C(=O)O)c2ccccc21. The zero-order valence-corrected chi connectivity index (χ0v) is 11.4. The summed E-state index contributed by atoms with van der Waals surface area (Å²) in [4.78, 5) is 23.5. The Morgan fingerprint density at radius 3 is 2.43 bits per heavy atom. The molecule has 0 saturated carbocycles. The quantitative estimate of drug-likeness (QED) is 0.784. The summed E-state index contributed by atoms with van der Waals surface area (Å²) < 4.78 is 1.56. The molecule has 1 heterocycles. The number of hydrogen-bond acceptors (Lipinski definition) is 2. The van der Waals surface area contributed by atoms with E-state index in [-0.39, 0.29) is 11.1 Å². The number of nitrogens with zero attached hydrogens (tertiary/aromatic N) is 1. The fourth-order valence-electron chi connectivity index (χ4n) is 2.54. The highest BCUT2D eigenvalue weighted by Gasteiger charge is 2.14. The maximum absolute atomic E-state index is 12.1. The van der Waals surface area contributed by atoms with Crippen LogP contribution in [0.25, 0.3) is 22.0 Å². The Balaban J connectivity index is 2.45. The van der Waals surface area contributed by atoms with Crippen LogP contribution in [-0.4, -0.2) is 15.6 Å². The molecular weight excluding hydrogens is 266 g/mol. The van der Waals surface area contributed by atoms with E-state index in [0.29, 0.717) is 11.1 Å². The van der Waals surface area contributed by atoms with Gasteiger partial charge in [0.1, 0.15) is 0 Å². The van der Waals surface area contributed by atoms with Gasteiger partial charge in [-0.3, -0.25) is 4.79 Å². The van der Waals surface area contributed by atoms with E-state index in [4.69, 9.17) is 0 Å². The van der Waals surface area contributed by atoms with Gasteiger partial charge in [0.2, 0.25) is 0 Å². The Kier molecular flexibility index (Phi) is 3.06. The molecule has 21 heavy (non-hydrogen) atoms. The monoisotopic (exact) mass is 279 g/mol. The van der Waals surface area contributed by atoms with Crippen LogP contribution in [0.15, 0.2) is 59.4 Å². The van der Waals surface area contributed by atoms with E-state index >= 15 is 0 Å². The topological polar surface area (TPSA) is 59.3 Å². The van der Waals surface area contributed by atoms with E-state index < -0.39 is 5.97 Å². The Hall–Kier alpha value is -2.88. The lowest BCUT2D eigenvalue weighted by atomic mass is 9.96. The van der Waals surface area contributed by atoms with Crippen LogP contribution < -0.4 is 5.56 Å². The van der Waals surface area contributed by atoms with Gasteiger partial charge in [-0.25, -0.2) is 4.79 Å². The lowest BCUT2D eigenvalue weighted by Gasteiger charge is -2.12. The number of carbonyl (C=O) groups is 1. The molecule has 0 aliphatic rings. The van der Waals surface area contributed by atoms with Crippen molar-refractivity contribution in [1.29, 1.82) is 0 Å². The van der Waals surface area contributed by atoms with Gasteiger partial charge in [-0.05, 0) is 23.3 Å². The Morgan fingerprint density at radius 2 is 1.67 bits per heavy atom. The minimum Gasteiger partial charge on any atom is -0.478 e. The standard InChI is InChI=1S/C17H13NO3/c1-18-15-9-5-4-7-12(15)14(10-16(18)19)11-6-2-3-8-13(11)17(20)21/h2-10H,1H3,(H,20,21). The summed E-state index contributed by atoms with van der Waals surface area (Å²) in [6.07, 6.45) is 0. The zero-order valence-electron chi connectivity index (χ0n) is 11.4. The zero-order chi connectivity index (χ0) is 15.0. The Bertz CT molecular complexity index is 909. The van der Waals surface area contributed by atoms with Crippen LogP contribution in [0.2, 0.25) is 0 Å². The molecule has 104 valence electrons. The second kappa shape index (κ2) is 4.90. The molecule has 1 aromatic heterocycles. The smallest absolute Gasteiger partial charge is 0.336 e. The second-order valence-corrected chi connectivity index (χ2v) is 4.82. The number of pyridine rings is 1. The van der Waals surface area contributed by atoms with Crippen molar-refractivity contribution in [2.24, 2.45) is 7.05 Å². The van der Waals surface area contributed by atoms with Crippen molar-refractivity contribution >= 4 is 16.9 Å². The normalized spacial score (nSPS) is 10.7. The van der Waals surface area contributed by atoms with Crippen LogP contribution in [0.1, 0.15) is 10.4 Å². The third-order valence-electron chi connectivity index (χ3n) is 3.60. The van der Waals surface area contributed by atoms with Crippen molar-refractivity contribution in [3.8, 4) is 11.1 Å². The number of rotatable bonds is 2. The molecule has 0 aliphatic carbocycles. The minimum atomic E-state index is -1.00. The predicted octanol–water partition coefficient (Wildman–Crippen LogP) is 2.90. The fourth-order valence-corrected chi connectivity index (χ4v) is 2.54. The molecule has 4 heteroatoms. The van der Waals surface area contributed by atoms with Crippen molar-refractivity contribution in [1.82, 2.24) is 4.57 Å². The first-order chi connectivity index (χ1) is 10.1. The number of para-hydroxylation sites is 1. The Morgan fingerprint density at radius 1 is 1.00 bits per heavy atom. The third kappa shape index (κ3) is 2.10. The lowest BCUT2D eigenvalue weighted by Crippen LogP contribution is -2.16. The minimum absolute atomic E-state index is 0.163. The number of fused-ring (bicyclic) bond motifs is 1. The molecule has 1 N–H and O–H groups in total. The lowest BCUT2D eigenvalue weighted by molar-refractivity contribution is 0.0698. The first-order valence-electron chi connectivity index (χ1n) is 6.51. The summed E-state index contributed by atoms with van der Waals surface area (Å²) in [5.41, 5.74) is 2.01. The van der Waals surface area contributed by atoms with Crippen molar-refractivity contribution in [2.45, 2.75) is 0 Å². The van der Waals surface area contributed by atoms with E-state index in [2.05, 4.69) is 0 Å². The number of aromatic carboxylic acids is 1. The fraction of sp³-hybridized carbons (Fsp3) is 0.0588. The molecule has 0 unspecified atom stereocenters. The molecule has 0 fully saturated rings.